The van der Waals surface area contributed by atoms with Gasteiger partial charge in [0.05, 0.1) is 0 Å². The Bertz CT molecular complexity index is 563. The molecular weight excluding hydrogens is 285 g/mol. The van der Waals surface area contributed by atoms with Gasteiger partial charge in [-0.05, 0) is 18.2 Å². The van der Waals surface area contributed by atoms with Gasteiger partial charge in [-0.15, -0.1) is 0 Å². The number of aromatic nitrogens is 2. The van der Waals surface area contributed by atoms with Gasteiger partial charge in [0, 0.05) is 23.5 Å². The summed E-state index contributed by atoms with van der Waals surface area (Å²) in [5, 5.41) is 0. The first-order valence-electron chi connectivity index (χ1n) is 5.31. The lowest BCUT2D eigenvalue weighted by Gasteiger charge is -2.02. The fourth-order valence-electron chi connectivity index (χ4n) is 1.76. The zero-order valence-corrected chi connectivity index (χ0v) is 11.3. The number of nitrogens with two attached hydrogens (primary N) is 1. The molecule has 1 heterocycles. The highest BCUT2D eigenvalue weighted by molar-refractivity contribution is 9.10. The number of imidazole rings is 1. The van der Waals surface area contributed by atoms with Crippen LogP contribution in [0.2, 0.25) is 0 Å². The van der Waals surface area contributed by atoms with Crippen molar-refractivity contribution in [3.8, 4) is 11.3 Å². The molecule has 1 aromatic carbocycles. The third-order valence-corrected chi connectivity index (χ3v) is 3.23. The van der Waals surface area contributed by atoms with Gasteiger partial charge >= 0.3 is 0 Å². The minimum absolute atomic E-state index is 0.327. The first-order valence-corrected chi connectivity index (χ1v) is 6.10. The molecule has 0 radical (unpaired) electrons. The molecule has 2 N–H and O–H groups in total. The number of nitrogen functional groups attached to an aromatic ring is 1. The second-order valence-electron chi connectivity index (χ2n) is 3.80. The minimum atomic E-state index is -0.327. The van der Waals surface area contributed by atoms with Crippen molar-refractivity contribution < 1.29 is 4.39 Å². The molecule has 1 aromatic heterocycles. The fourth-order valence-corrected chi connectivity index (χ4v) is 2.09. The van der Waals surface area contributed by atoms with Gasteiger partial charge in [0.15, 0.2) is 0 Å². The van der Waals surface area contributed by atoms with Gasteiger partial charge in [-0.3, -0.25) is 0 Å². The zero-order valence-electron chi connectivity index (χ0n) is 9.67. The molecule has 5 heteroatoms. The van der Waals surface area contributed by atoms with E-state index in [1.54, 1.807) is 16.7 Å². The zero-order chi connectivity index (χ0) is 12.6. The Labute approximate surface area is 108 Å². The molecule has 0 unspecified atom stereocenters. The van der Waals surface area contributed by atoms with Gasteiger partial charge < -0.3 is 10.3 Å². The van der Waals surface area contributed by atoms with E-state index in [0.29, 0.717) is 21.5 Å². The second kappa shape index (κ2) is 4.49. The van der Waals surface area contributed by atoms with Gasteiger partial charge in [0.1, 0.15) is 23.2 Å². The molecule has 0 aliphatic rings. The van der Waals surface area contributed by atoms with Gasteiger partial charge in [-0.25, -0.2) is 9.37 Å². The van der Waals surface area contributed by atoms with Crippen molar-refractivity contribution in [1.29, 1.82) is 0 Å². The molecule has 90 valence electrons. The molecule has 2 aromatic rings. The van der Waals surface area contributed by atoms with Gasteiger partial charge in [0.2, 0.25) is 0 Å². The molecule has 3 nitrogen and oxygen atoms in total. The Morgan fingerprint density at radius 1 is 1.47 bits per heavy atom. The Hall–Kier alpha value is -1.36. The van der Waals surface area contributed by atoms with E-state index in [1.807, 2.05) is 14.0 Å². The third-order valence-electron chi connectivity index (χ3n) is 2.73. The number of hydrogen-bond donors (Lipinski definition) is 1. The van der Waals surface area contributed by atoms with E-state index >= 15 is 0 Å². The van der Waals surface area contributed by atoms with E-state index in [2.05, 4.69) is 20.9 Å². The lowest BCUT2D eigenvalue weighted by Crippen LogP contribution is -2.00. The van der Waals surface area contributed by atoms with Crippen LogP contribution < -0.4 is 5.73 Å². The molecule has 0 fully saturated rings. The van der Waals surface area contributed by atoms with Crippen molar-refractivity contribution in [3.63, 3.8) is 0 Å². The minimum Gasteiger partial charge on any atom is -0.383 e. The van der Waals surface area contributed by atoms with Crippen molar-refractivity contribution in [2.45, 2.75) is 13.3 Å². The average Bonchev–Trinajstić information content (AvgIpc) is 2.57. The van der Waals surface area contributed by atoms with Gasteiger partial charge in [-0.2, -0.15) is 0 Å². The van der Waals surface area contributed by atoms with Crippen LogP contribution in [0.1, 0.15) is 12.7 Å². The maximum Gasteiger partial charge on any atom is 0.133 e. The van der Waals surface area contributed by atoms with Crippen molar-refractivity contribution in [3.05, 3.63) is 34.3 Å². The van der Waals surface area contributed by atoms with Crippen molar-refractivity contribution in [1.82, 2.24) is 9.55 Å². The Morgan fingerprint density at radius 3 is 2.71 bits per heavy atom. The van der Waals surface area contributed by atoms with Crippen LogP contribution in [0.25, 0.3) is 11.3 Å². The number of benzene rings is 1. The molecule has 0 aliphatic heterocycles. The second-order valence-corrected chi connectivity index (χ2v) is 4.71. The summed E-state index contributed by atoms with van der Waals surface area (Å²) in [4.78, 5) is 4.37. The summed E-state index contributed by atoms with van der Waals surface area (Å²) in [6.07, 6.45) is 0.763. The van der Waals surface area contributed by atoms with E-state index in [4.69, 9.17) is 5.73 Å². The molecule has 0 bridgehead atoms. The number of anilines is 1. The largest absolute Gasteiger partial charge is 0.383 e. The van der Waals surface area contributed by atoms with Gasteiger partial charge in [-0.1, -0.05) is 22.9 Å². The maximum absolute atomic E-state index is 13.8. The van der Waals surface area contributed by atoms with Crippen LogP contribution in [0.15, 0.2) is 22.7 Å². The van der Waals surface area contributed by atoms with Crippen LogP contribution in [-0.2, 0) is 13.5 Å². The molecule has 2 rings (SSSR count). The maximum atomic E-state index is 13.8. The van der Waals surface area contributed by atoms with Crippen LogP contribution in [0.5, 0.6) is 0 Å². The predicted molar refractivity (Wildman–Crippen MR) is 70.1 cm³/mol. The smallest absolute Gasteiger partial charge is 0.133 e. The van der Waals surface area contributed by atoms with E-state index in [-0.39, 0.29) is 5.82 Å². The Kier molecular flexibility index (Phi) is 3.19. The lowest BCUT2D eigenvalue weighted by molar-refractivity contribution is 0.630. The third kappa shape index (κ3) is 2.07. The first-order chi connectivity index (χ1) is 8.04. The van der Waals surface area contributed by atoms with Crippen LogP contribution in [-0.4, -0.2) is 9.55 Å². The van der Waals surface area contributed by atoms with Crippen LogP contribution in [0, 0.1) is 5.82 Å². The molecule has 0 spiro atoms. The van der Waals surface area contributed by atoms with Crippen LogP contribution in [0.3, 0.4) is 0 Å². The van der Waals surface area contributed by atoms with E-state index < -0.39 is 0 Å². The number of nitrogens with zero attached hydrogens (tertiary/aromatic N) is 2. The highest BCUT2D eigenvalue weighted by atomic mass is 79.9. The summed E-state index contributed by atoms with van der Waals surface area (Å²) in [6.45, 7) is 1.99. The standard InChI is InChI=1S/C12H13BrFN3/c1-3-10-16-11(12(15)17(10)2)8-5-4-7(13)6-9(8)14/h4-6H,3,15H2,1-2H3. The van der Waals surface area contributed by atoms with Crippen LogP contribution >= 0.6 is 15.9 Å². The fraction of sp³-hybridized carbons (Fsp3) is 0.250. The van der Waals surface area contributed by atoms with Gasteiger partial charge in [0.25, 0.3) is 0 Å². The summed E-state index contributed by atoms with van der Waals surface area (Å²) in [5.74, 6) is 1.01. The van der Waals surface area contributed by atoms with Crippen molar-refractivity contribution >= 4 is 21.7 Å². The van der Waals surface area contributed by atoms with E-state index in [0.717, 1.165) is 12.2 Å². The quantitative estimate of drug-likeness (QED) is 0.925. The average molecular weight is 298 g/mol. The van der Waals surface area contributed by atoms with E-state index in [9.17, 15) is 4.39 Å². The highest BCUT2D eigenvalue weighted by Gasteiger charge is 2.15. The SMILES string of the molecule is CCc1nc(-c2ccc(Br)cc2F)c(N)n1C. The number of hydrogen-bond acceptors (Lipinski definition) is 2. The molecule has 17 heavy (non-hydrogen) atoms. The predicted octanol–water partition coefficient (Wildman–Crippen LogP) is 3.13. The number of rotatable bonds is 2. The first kappa shape index (κ1) is 12.1. The summed E-state index contributed by atoms with van der Waals surface area (Å²) < 4.78 is 16.3. The van der Waals surface area contributed by atoms with Crippen molar-refractivity contribution in [2.75, 3.05) is 5.73 Å². The summed E-state index contributed by atoms with van der Waals surface area (Å²) >= 11 is 3.22. The topological polar surface area (TPSA) is 43.8 Å². The lowest BCUT2D eigenvalue weighted by atomic mass is 10.1. The molecular formula is C12H13BrFN3. The Balaban J connectivity index is 2.60. The number of aryl methyl sites for hydroxylation is 1. The summed E-state index contributed by atoms with van der Waals surface area (Å²) in [5.41, 5.74) is 6.88. The Morgan fingerprint density at radius 2 is 2.18 bits per heavy atom. The number of halogens is 2. The van der Waals surface area contributed by atoms with E-state index in [1.165, 1.54) is 6.07 Å². The molecule has 0 atom stereocenters. The molecule has 0 saturated heterocycles. The molecule has 0 saturated carbocycles. The highest BCUT2D eigenvalue weighted by Crippen LogP contribution is 2.29. The normalized spacial score (nSPS) is 10.8. The molecule has 0 amide bonds. The summed E-state index contributed by atoms with van der Waals surface area (Å²) in [6, 6.07) is 4.87. The van der Waals surface area contributed by atoms with Crippen LogP contribution in [0.4, 0.5) is 10.2 Å². The molecule has 0 aliphatic carbocycles. The summed E-state index contributed by atoms with van der Waals surface area (Å²) in [7, 11) is 1.83. The monoisotopic (exact) mass is 297 g/mol. The van der Waals surface area contributed by atoms with Crippen molar-refractivity contribution in [2.24, 2.45) is 7.05 Å².